The third kappa shape index (κ3) is 2.28. The first-order valence-corrected chi connectivity index (χ1v) is 6.79. The summed E-state index contributed by atoms with van der Waals surface area (Å²) < 4.78 is 6.22. The van der Waals surface area contributed by atoms with E-state index in [1.165, 1.54) is 0 Å². The molecule has 94 valence electrons. The Morgan fingerprint density at radius 3 is 2.62 bits per heavy atom. The number of ether oxygens (including phenoxy) is 1. The molecule has 5 unspecified atom stereocenters. The van der Waals surface area contributed by atoms with Crippen LogP contribution < -0.4 is 0 Å². The molecule has 2 rings (SSSR count). The molecule has 2 aliphatic rings. The maximum absolute atomic E-state index is 10.1. The predicted molar refractivity (Wildman–Crippen MR) is 65.2 cm³/mol. The third-order valence-corrected chi connectivity index (χ3v) is 4.61. The molecule has 2 fully saturated rings. The molecule has 1 saturated carbocycles. The third-order valence-electron chi connectivity index (χ3n) is 4.61. The smallest absolute Gasteiger partial charge is 0.0633 e. The molecule has 1 aliphatic carbocycles. The van der Waals surface area contributed by atoms with Gasteiger partial charge in [0.25, 0.3) is 0 Å². The fraction of sp³-hybridized carbons (Fsp3) is 1.00. The first-order chi connectivity index (χ1) is 7.43. The number of aliphatic hydroxyl groups is 1. The van der Waals surface area contributed by atoms with Gasteiger partial charge in [0.15, 0.2) is 0 Å². The van der Waals surface area contributed by atoms with E-state index >= 15 is 0 Å². The van der Waals surface area contributed by atoms with Crippen LogP contribution in [-0.4, -0.2) is 22.9 Å². The fourth-order valence-electron chi connectivity index (χ4n) is 3.81. The van der Waals surface area contributed by atoms with Gasteiger partial charge < -0.3 is 9.84 Å². The van der Waals surface area contributed by atoms with Crippen LogP contribution in [0.5, 0.6) is 0 Å². The zero-order valence-electron chi connectivity index (χ0n) is 11.1. The Morgan fingerprint density at radius 2 is 2.00 bits per heavy atom. The van der Waals surface area contributed by atoms with E-state index in [9.17, 15) is 5.11 Å². The van der Waals surface area contributed by atoms with E-state index in [1.54, 1.807) is 0 Å². The number of aliphatic hydroxyl groups excluding tert-OH is 1. The minimum absolute atomic E-state index is 0.0289. The molecule has 2 heteroatoms. The van der Waals surface area contributed by atoms with Crippen molar-refractivity contribution in [1.82, 2.24) is 0 Å². The van der Waals surface area contributed by atoms with Crippen LogP contribution in [0.1, 0.15) is 53.4 Å². The van der Waals surface area contributed by atoms with Gasteiger partial charge in [-0.25, -0.2) is 0 Å². The highest BCUT2D eigenvalue weighted by Crippen LogP contribution is 2.45. The lowest BCUT2D eigenvalue weighted by molar-refractivity contribution is -0.188. The first kappa shape index (κ1) is 12.4. The summed E-state index contributed by atoms with van der Waals surface area (Å²) in [5.74, 6) is 1.70. The highest BCUT2D eigenvalue weighted by Gasteiger charge is 2.45. The summed E-state index contributed by atoms with van der Waals surface area (Å²) in [6.45, 7) is 8.89. The van der Waals surface area contributed by atoms with Crippen LogP contribution in [0.4, 0.5) is 0 Å². The Kier molecular flexibility index (Phi) is 3.33. The largest absolute Gasteiger partial charge is 0.393 e. The SMILES string of the molecule is CCC1CC2OC(C)(C)CC(C)C2CC1O. The van der Waals surface area contributed by atoms with E-state index in [4.69, 9.17) is 4.74 Å². The molecule has 1 N–H and O–H groups in total. The van der Waals surface area contributed by atoms with Gasteiger partial charge in [-0.2, -0.15) is 0 Å². The monoisotopic (exact) mass is 226 g/mol. The summed E-state index contributed by atoms with van der Waals surface area (Å²) in [5.41, 5.74) is 0.0289. The van der Waals surface area contributed by atoms with Crippen molar-refractivity contribution in [3.63, 3.8) is 0 Å². The second-order valence-electron chi connectivity index (χ2n) is 6.47. The predicted octanol–water partition coefficient (Wildman–Crippen LogP) is 2.99. The Bertz CT molecular complexity index is 249. The molecule has 0 aromatic heterocycles. The molecule has 1 saturated heterocycles. The van der Waals surface area contributed by atoms with Crippen LogP contribution in [0.3, 0.4) is 0 Å². The summed E-state index contributed by atoms with van der Waals surface area (Å²) in [7, 11) is 0. The van der Waals surface area contributed by atoms with Gasteiger partial charge in [-0.3, -0.25) is 0 Å². The van der Waals surface area contributed by atoms with E-state index in [0.29, 0.717) is 23.9 Å². The van der Waals surface area contributed by atoms with E-state index in [0.717, 1.165) is 25.7 Å². The molecule has 0 aromatic rings. The van der Waals surface area contributed by atoms with Crippen LogP contribution in [0, 0.1) is 17.8 Å². The number of hydrogen-bond acceptors (Lipinski definition) is 2. The van der Waals surface area contributed by atoms with Crippen LogP contribution in [0.15, 0.2) is 0 Å². The van der Waals surface area contributed by atoms with Crippen molar-refractivity contribution in [3.05, 3.63) is 0 Å². The normalized spacial score (nSPS) is 47.4. The second kappa shape index (κ2) is 4.30. The van der Waals surface area contributed by atoms with Crippen molar-refractivity contribution >= 4 is 0 Å². The highest BCUT2D eigenvalue weighted by atomic mass is 16.5. The molecule has 0 bridgehead atoms. The van der Waals surface area contributed by atoms with E-state index in [-0.39, 0.29) is 11.7 Å². The average Bonchev–Trinajstić information content (AvgIpc) is 2.17. The molecule has 0 aromatic carbocycles. The average molecular weight is 226 g/mol. The van der Waals surface area contributed by atoms with Crippen LogP contribution in [0.25, 0.3) is 0 Å². The van der Waals surface area contributed by atoms with Crippen molar-refractivity contribution in [2.45, 2.75) is 71.2 Å². The number of hydrogen-bond donors (Lipinski definition) is 1. The minimum Gasteiger partial charge on any atom is -0.393 e. The van der Waals surface area contributed by atoms with E-state index < -0.39 is 0 Å². The molecule has 0 spiro atoms. The molecule has 0 radical (unpaired) electrons. The minimum atomic E-state index is -0.0986. The van der Waals surface area contributed by atoms with Gasteiger partial charge >= 0.3 is 0 Å². The molecular formula is C14H26O2. The van der Waals surface area contributed by atoms with Crippen LogP contribution >= 0.6 is 0 Å². The van der Waals surface area contributed by atoms with Gasteiger partial charge in [-0.15, -0.1) is 0 Å². The molecule has 0 amide bonds. The number of fused-ring (bicyclic) bond motifs is 1. The van der Waals surface area contributed by atoms with Gasteiger partial charge in [0, 0.05) is 0 Å². The lowest BCUT2D eigenvalue weighted by atomic mass is 9.68. The maximum Gasteiger partial charge on any atom is 0.0633 e. The first-order valence-electron chi connectivity index (χ1n) is 6.79. The summed E-state index contributed by atoms with van der Waals surface area (Å²) in [6, 6.07) is 0. The van der Waals surface area contributed by atoms with Crippen LogP contribution in [0.2, 0.25) is 0 Å². The summed E-state index contributed by atoms with van der Waals surface area (Å²) in [4.78, 5) is 0. The number of rotatable bonds is 1. The van der Waals surface area contributed by atoms with E-state index in [1.807, 2.05) is 0 Å². The topological polar surface area (TPSA) is 29.5 Å². The summed E-state index contributed by atoms with van der Waals surface area (Å²) in [6.07, 6.45) is 4.47. The lowest BCUT2D eigenvalue weighted by Crippen LogP contribution is -2.51. The van der Waals surface area contributed by atoms with Crippen LogP contribution in [-0.2, 0) is 4.74 Å². The van der Waals surface area contributed by atoms with Crippen molar-refractivity contribution in [1.29, 1.82) is 0 Å². The van der Waals surface area contributed by atoms with Crippen molar-refractivity contribution < 1.29 is 9.84 Å². The summed E-state index contributed by atoms with van der Waals surface area (Å²) in [5, 5.41) is 10.1. The molecule has 16 heavy (non-hydrogen) atoms. The molecule has 1 heterocycles. The van der Waals surface area contributed by atoms with Crippen molar-refractivity contribution in [2.24, 2.45) is 17.8 Å². The van der Waals surface area contributed by atoms with Crippen molar-refractivity contribution in [2.75, 3.05) is 0 Å². The van der Waals surface area contributed by atoms with Gasteiger partial charge in [0.2, 0.25) is 0 Å². The Balaban J connectivity index is 2.10. The van der Waals surface area contributed by atoms with Gasteiger partial charge in [-0.1, -0.05) is 20.3 Å². The van der Waals surface area contributed by atoms with Crippen molar-refractivity contribution in [3.8, 4) is 0 Å². The van der Waals surface area contributed by atoms with E-state index in [2.05, 4.69) is 27.7 Å². The van der Waals surface area contributed by atoms with Gasteiger partial charge in [-0.05, 0) is 50.9 Å². The zero-order chi connectivity index (χ0) is 11.9. The summed E-state index contributed by atoms with van der Waals surface area (Å²) >= 11 is 0. The standard InChI is InChI=1S/C14H26O2/c1-5-10-6-13-11(7-12(10)15)9(2)8-14(3,4)16-13/h9-13,15H,5-8H2,1-4H3. The second-order valence-corrected chi connectivity index (χ2v) is 6.47. The fourth-order valence-corrected chi connectivity index (χ4v) is 3.81. The highest BCUT2D eigenvalue weighted by molar-refractivity contribution is 4.94. The zero-order valence-corrected chi connectivity index (χ0v) is 11.1. The molecule has 1 aliphatic heterocycles. The quantitative estimate of drug-likeness (QED) is 0.745. The Labute approximate surface area is 99.4 Å². The molecule has 5 atom stereocenters. The molecule has 2 nitrogen and oxygen atoms in total. The lowest BCUT2D eigenvalue weighted by Gasteiger charge is -2.50. The molecular weight excluding hydrogens is 200 g/mol. The maximum atomic E-state index is 10.1. The van der Waals surface area contributed by atoms with Gasteiger partial charge in [0.1, 0.15) is 0 Å². The Hall–Kier alpha value is -0.0800. The van der Waals surface area contributed by atoms with Gasteiger partial charge in [0.05, 0.1) is 17.8 Å². The Morgan fingerprint density at radius 1 is 1.31 bits per heavy atom.